The molecule has 2 aromatic carbocycles. The fraction of sp³-hybridized carbons (Fsp3) is 0.381. The molecule has 0 radical (unpaired) electrons. The largest absolute Gasteiger partial charge is 0.419 e. The highest BCUT2D eigenvalue weighted by atomic mass is 35.5. The summed E-state index contributed by atoms with van der Waals surface area (Å²) in [7, 11) is 1.83. The maximum Gasteiger partial charge on any atom is 0.419 e. The van der Waals surface area contributed by atoms with Crippen molar-refractivity contribution < 1.29 is 22.4 Å². The number of benzene rings is 2. The van der Waals surface area contributed by atoms with Gasteiger partial charge >= 0.3 is 6.18 Å². The average molecular weight is 463 g/mol. The van der Waals surface area contributed by atoms with Crippen LogP contribution in [0.3, 0.4) is 0 Å². The molecule has 162 valence electrons. The normalized spacial score (nSPS) is 20.1. The van der Waals surface area contributed by atoms with E-state index in [9.17, 15) is 22.4 Å². The van der Waals surface area contributed by atoms with Gasteiger partial charge in [0.15, 0.2) is 0 Å². The summed E-state index contributed by atoms with van der Waals surface area (Å²) in [6.07, 6.45) is -3.90. The Kier molecular flexibility index (Phi) is 7.07. The molecule has 9 heteroatoms. The van der Waals surface area contributed by atoms with Gasteiger partial charge in [-0.1, -0.05) is 35.3 Å². The second-order valence-electron chi connectivity index (χ2n) is 7.46. The molecule has 0 aromatic heterocycles. The average Bonchev–Trinajstić information content (AvgIpc) is 3.07. The number of carbonyl (C=O) groups is 1. The molecular weight excluding hydrogens is 443 g/mol. The van der Waals surface area contributed by atoms with Crippen molar-refractivity contribution in [3.05, 3.63) is 69.0 Å². The SMILES string of the molecule is CN(Cc1ccc(C(F)(F)F)c(F)c1)[C@@H]1CN(CC=O)C[C@@H]1c1ccc(Cl)c(Cl)c1. The van der Waals surface area contributed by atoms with Crippen LogP contribution in [0.4, 0.5) is 17.6 Å². The number of likely N-dealkylation sites (tertiary alicyclic amines) is 1. The van der Waals surface area contributed by atoms with Crippen molar-refractivity contribution in [3.8, 4) is 0 Å². The molecule has 0 unspecified atom stereocenters. The monoisotopic (exact) mass is 462 g/mol. The van der Waals surface area contributed by atoms with E-state index >= 15 is 0 Å². The van der Waals surface area contributed by atoms with Gasteiger partial charge in [0.05, 0.1) is 22.2 Å². The van der Waals surface area contributed by atoms with Gasteiger partial charge in [-0.15, -0.1) is 0 Å². The van der Waals surface area contributed by atoms with Crippen molar-refractivity contribution in [1.29, 1.82) is 0 Å². The molecule has 0 spiro atoms. The van der Waals surface area contributed by atoms with Crippen molar-refractivity contribution in [3.63, 3.8) is 0 Å². The van der Waals surface area contributed by atoms with Crippen LogP contribution in [0.2, 0.25) is 10.0 Å². The number of nitrogens with zero attached hydrogens (tertiary/aromatic N) is 2. The lowest BCUT2D eigenvalue weighted by Crippen LogP contribution is -2.37. The van der Waals surface area contributed by atoms with Crippen LogP contribution in [0.15, 0.2) is 36.4 Å². The summed E-state index contributed by atoms with van der Waals surface area (Å²) in [6, 6.07) is 8.30. The summed E-state index contributed by atoms with van der Waals surface area (Å²) >= 11 is 12.2. The van der Waals surface area contributed by atoms with Gasteiger partial charge < -0.3 is 4.79 Å². The topological polar surface area (TPSA) is 23.6 Å². The van der Waals surface area contributed by atoms with Gasteiger partial charge in [0.25, 0.3) is 0 Å². The zero-order valence-corrected chi connectivity index (χ0v) is 17.6. The van der Waals surface area contributed by atoms with Gasteiger partial charge in [-0.2, -0.15) is 13.2 Å². The molecule has 1 heterocycles. The highest BCUT2D eigenvalue weighted by molar-refractivity contribution is 6.42. The lowest BCUT2D eigenvalue weighted by atomic mass is 9.93. The number of hydrogen-bond donors (Lipinski definition) is 0. The van der Waals surface area contributed by atoms with Crippen molar-refractivity contribution in [2.75, 3.05) is 26.7 Å². The first-order valence-electron chi connectivity index (χ1n) is 9.27. The first-order valence-corrected chi connectivity index (χ1v) is 10.0. The zero-order chi connectivity index (χ0) is 22.1. The van der Waals surface area contributed by atoms with Gasteiger partial charge in [0.1, 0.15) is 12.1 Å². The summed E-state index contributed by atoms with van der Waals surface area (Å²) in [5.41, 5.74) is 0.110. The predicted octanol–water partition coefficient (Wildman–Crippen LogP) is 5.25. The summed E-state index contributed by atoms with van der Waals surface area (Å²) in [5, 5.41) is 0.863. The lowest BCUT2D eigenvalue weighted by molar-refractivity contribution is -0.140. The van der Waals surface area contributed by atoms with Crippen LogP contribution in [0.5, 0.6) is 0 Å². The lowest BCUT2D eigenvalue weighted by Gasteiger charge is -2.29. The third kappa shape index (κ3) is 5.14. The van der Waals surface area contributed by atoms with Crippen LogP contribution in [0, 0.1) is 5.82 Å². The molecular formula is C21H20Cl2F4N2O. The molecule has 3 rings (SSSR count). The number of hydrogen-bond acceptors (Lipinski definition) is 3. The van der Waals surface area contributed by atoms with Crippen LogP contribution in [0.1, 0.15) is 22.6 Å². The molecule has 1 saturated heterocycles. The highest BCUT2D eigenvalue weighted by Gasteiger charge is 2.37. The minimum atomic E-state index is -4.73. The molecule has 2 aromatic rings. The van der Waals surface area contributed by atoms with Crippen LogP contribution < -0.4 is 0 Å². The number of aldehydes is 1. The zero-order valence-electron chi connectivity index (χ0n) is 16.1. The Hall–Kier alpha value is -1.67. The smallest absolute Gasteiger partial charge is 0.302 e. The minimum Gasteiger partial charge on any atom is -0.302 e. The Morgan fingerprint density at radius 3 is 2.47 bits per heavy atom. The molecule has 1 fully saturated rings. The van der Waals surface area contributed by atoms with Crippen molar-refractivity contribution in [2.45, 2.75) is 24.7 Å². The second kappa shape index (κ2) is 9.22. The van der Waals surface area contributed by atoms with E-state index < -0.39 is 17.6 Å². The van der Waals surface area contributed by atoms with Crippen molar-refractivity contribution >= 4 is 29.5 Å². The highest BCUT2D eigenvalue weighted by Crippen LogP contribution is 2.35. The standard InChI is InChI=1S/C21H20Cl2F4N2O/c1-28(10-13-2-4-16(19(24)8-13)21(25,26)27)20-12-29(6-7-30)11-15(20)14-3-5-17(22)18(23)9-14/h2-5,7-9,15,20H,6,10-12H2,1H3/t15-,20-/m1/s1. The number of rotatable bonds is 6. The van der Waals surface area contributed by atoms with Gasteiger partial charge in [0.2, 0.25) is 0 Å². The summed E-state index contributed by atoms with van der Waals surface area (Å²) in [4.78, 5) is 14.9. The Morgan fingerprint density at radius 2 is 1.87 bits per heavy atom. The Balaban J connectivity index is 1.82. The molecule has 2 atom stereocenters. The molecule has 0 N–H and O–H groups in total. The Labute approximate surface area is 182 Å². The molecule has 3 nitrogen and oxygen atoms in total. The minimum absolute atomic E-state index is 0.00371. The Morgan fingerprint density at radius 1 is 1.13 bits per heavy atom. The number of likely N-dealkylation sites (N-methyl/N-ethyl adjacent to an activating group) is 1. The summed E-state index contributed by atoms with van der Waals surface area (Å²) in [5.74, 6) is -1.28. The van der Waals surface area contributed by atoms with Crippen molar-refractivity contribution in [1.82, 2.24) is 9.80 Å². The quantitative estimate of drug-likeness (QED) is 0.432. The summed E-state index contributed by atoms with van der Waals surface area (Å²) in [6.45, 7) is 1.74. The molecule has 30 heavy (non-hydrogen) atoms. The third-order valence-electron chi connectivity index (χ3n) is 5.41. The fourth-order valence-corrected chi connectivity index (χ4v) is 4.24. The Bertz CT molecular complexity index is 922. The molecule has 0 amide bonds. The van der Waals surface area contributed by atoms with E-state index in [2.05, 4.69) is 0 Å². The first kappa shape index (κ1) is 23.0. The van der Waals surface area contributed by atoms with Gasteiger partial charge in [0, 0.05) is 31.6 Å². The number of alkyl halides is 3. The molecule has 1 aliphatic heterocycles. The molecule has 0 bridgehead atoms. The van der Waals surface area contributed by atoms with Crippen LogP contribution in [0.25, 0.3) is 0 Å². The van der Waals surface area contributed by atoms with E-state index in [0.29, 0.717) is 28.7 Å². The second-order valence-corrected chi connectivity index (χ2v) is 8.27. The molecule has 0 aliphatic carbocycles. The van der Waals surface area contributed by atoms with E-state index in [1.165, 1.54) is 6.07 Å². The van der Waals surface area contributed by atoms with E-state index in [0.717, 1.165) is 24.0 Å². The van der Waals surface area contributed by atoms with E-state index in [-0.39, 0.29) is 25.0 Å². The van der Waals surface area contributed by atoms with Gasteiger partial charge in [-0.05, 0) is 42.4 Å². The summed E-state index contributed by atoms with van der Waals surface area (Å²) < 4.78 is 52.3. The van der Waals surface area contributed by atoms with E-state index in [4.69, 9.17) is 23.2 Å². The number of halogens is 6. The molecule has 1 aliphatic rings. The van der Waals surface area contributed by atoms with E-state index in [1.54, 1.807) is 12.1 Å². The van der Waals surface area contributed by atoms with Crippen LogP contribution in [-0.4, -0.2) is 48.8 Å². The van der Waals surface area contributed by atoms with Crippen LogP contribution in [-0.2, 0) is 17.5 Å². The van der Waals surface area contributed by atoms with Crippen LogP contribution >= 0.6 is 23.2 Å². The van der Waals surface area contributed by atoms with E-state index in [1.807, 2.05) is 22.9 Å². The van der Waals surface area contributed by atoms with Crippen molar-refractivity contribution in [2.24, 2.45) is 0 Å². The number of carbonyl (C=O) groups excluding carboxylic acids is 1. The maximum absolute atomic E-state index is 13.9. The third-order valence-corrected chi connectivity index (χ3v) is 6.15. The van der Waals surface area contributed by atoms with Gasteiger partial charge in [-0.3, -0.25) is 9.80 Å². The molecule has 0 saturated carbocycles. The first-order chi connectivity index (χ1) is 14.1. The maximum atomic E-state index is 13.9. The fourth-order valence-electron chi connectivity index (χ4n) is 3.93. The van der Waals surface area contributed by atoms with Gasteiger partial charge in [-0.25, -0.2) is 4.39 Å². The predicted molar refractivity (Wildman–Crippen MR) is 108 cm³/mol.